The van der Waals surface area contributed by atoms with Gasteiger partial charge in [-0.3, -0.25) is 4.79 Å². The molecule has 1 aliphatic rings. The molecular weight excluding hydrogens is 252 g/mol. The number of amides is 1. The molecule has 0 saturated carbocycles. The topological polar surface area (TPSA) is 92.9 Å². The van der Waals surface area contributed by atoms with Crippen molar-refractivity contribution in [2.45, 2.75) is 32.4 Å². The van der Waals surface area contributed by atoms with Gasteiger partial charge < -0.3 is 19.3 Å². The van der Waals surface area contributed by atoms with Gasteiger partial charge in [0.2, 0.25) is 5.76 Å². The lowest BCUT2D eigenvalue weighted by Gasteiger charge is -2.37. The van der Waals surface area contributed by atoms with E-state index in [1.807, 2.05) is 13.8 Å². The summed E-state index contributed by atoms with van der Waals surface area (Å²) in [6.07, 6.45) is 0.722. The van der Waals surface area contributed by atoms with Gasteiger partial charge in [0, 0.05) is 12.6 Å². The van der Waals surface area contributed by atoms with E-state index in [0.717, 1.165) is 12.5 Å². The number of aromatic nitrogens is 1. The molecule has 1 N–H and O–H groups in total. The Morgan fingerprint density at radius 1 is 1.58 bits per heavy atom. The third kappa shape index (κ3) is 2.76. The van der Waals surface area contributed by atoms with Crippen LogP contribution in [0.3, 0.4) is 0 Å². The highest BCUT2D eigenvalue weighted by atomic mass is 16.5. The summed E-state index contributed by atoms with van der Waals surface area (Å²) in [5.41, 5.74) is 0.0185. The Bertz CT molecular complexity index is 484. The maximum absolute atomic E-state index is 12.3. The first-order valence-corrected chi connectivity index (χ1v) is 6.15. The zero-order valence-electron chi connectivity index (χ0n) is 10.8. The Labute approximate surface area is 110 Å². The fourth-order valence-corrected chi connectivity index (χ4v) is 2.05. The van der Waals surface area contributed by atoms with Crippen LogP contribution in [0.2, 0.25) is 0 Å². The van der Waals surface area contributed by atoms with Crippen LogP contribution in [0.25, 0.3) is 0 Å². The summed E-state index contributed by atoms with van der Waals surface area (Å²) in [4.78, 5) is 24.7. The fourth-order valence-electron chi connectivity index (χ4n) is 2.05. The van der Waals surface area contributed by atoms with E-state index in [1.54, 1.807) is 4.90 Å². The lowest BCUT2D eigenvalue weighted by atomic mass is 10.1. The fraction of sp³-hybridized carbons (Fsp3) is 0.583. The van der Waals surface area contributed by atoms with Crippen molar-refractivity contribution < 1.29 is 24.0 Å². The van der Waals surface area contributed by atoms with E-state index in [1.165, 1.54) is 0 Å². The molecule has 0 aromatic carbocycles. The molecule has 1 saturated heterocycles. The molecule has 0 aliphatic carbocycles. The molecule has 2 rings (SSSR count). The standard InChI is InChI=1S/C12H16N2O5/c1-3-8-6-18-7(2)5-14(8)11(15)9-4-10(12(16)17)19-13-9/h4,7-8H,3,5-6H2,1-2H3,(H,16,17). The monoisotopic (exact) mass is 268 g/mol. The van der Waals surface area contributed by atoms with Gasteiger partial charge in [0.05, 0.1) is 18.8 Å². The van der Waals surface area contributed by atoms with E-state index in [9.17, 15) is 9.59 Å². The lowest BCUT2D eigenvalue weighted by Crippen LogP contribution is -2.51. The van der Waals surface area contributed by atoms with E-state index in [-0.39, 0.29) is 29.5 Å². The number of hydrogen-bond donors (Lipinski definition) is 1. The van der Waals surface area contributed by atoms with Gasteiger partial charge in [-0.2, -0.15) is 0 Å². The molecule has 2 atom stereocenters. The number of carboxylic acids is 1. The van der Waals surface area contributed by atoms with Gasteiger partial charge in [0.15, 0.2) is 5.69 Å². The highest BCUT2D eigenvalue weighted by Gasteiger charge is 2.32. The number of rotatable bonds is 3. The molecule has 1 aromatic heterocycles. The Balaban J connectivity index is 2.18. The van der Waals surface area contributed by atoms with E-state index in [0.29, 0.717) is 13.2 Å². The van der Waals surface area contributed by atoms with E-state index in [2.05, 4.69) is 9.68 Å². The number of aromatic carboxylic acids is 1. The molecule has 19 heavy (non-hydrogen) atoms. The van der Waals surface area contributed by atoms with Crippen LogP contribution in [0.15, 0.2) is 10.6 Å². The summed E-state index contributed by atoms with van der Waals surface area (Å²) >= 11 is 0. The average Bonchev–Trinajstić information content (AvgIpc) is 2.87. The Kier molecular flexibility index (Phi) is 3.84. The number of carbonyl (C=O) groups is 2. The molecule has 0 radical (unpaired) electrons. The number of hydrogen-bond acceptors (Lipinski definition) is 5. The van der Waals surface area contributed by atoms with E-state index < -0.39 is 5.97 Å². The summed E-state index contributed by atoms with van der Waals surface area (Å²) in [6, 6.07) is 1.13. The molecule has 7 heteroatoms. The molecule has 2 heterocycles. The number of carbonyl (C=O) groups excluding carboxylic acids is 1. The molecule has 0 spiro atoms. The number of nitrogens with zero attached hydrogens (tertiary/aromatic N) is 2. The predicted molar refractivity (Wildman–Crippen MR) is 64.0 cm³/mol. The van der Waals surface area contributed by atoms with Crippen molar-refractivity contribution >= 4 is 11.9 Å². The average molecular weight is 268 g/mol. The van der Waals surface area contributed by atoms with Gasteiger partial charge in [-0.05, 0) is 13.3 Å². The minimum atomic E-state index is -1.24. The highest BCUT2D eigenvalue weighted by Crippen LogP contribution is 2.18. The number of carboxylic acid groups (broad SMARTS) is 1. The first-order chi connectivity index (χ1) is 9.02. The normalized spacial score (nSPS) is 23.4. The molecule has 1 aliphatic heterocycles. The quantitative estimate of drug-likeness (QED) is 0.879. The SMILES string of the molecule is CCC1COC(C)CN1C(=O)c1cc(C(=O)O)on1. The Morgan fingerprint density at radius 3 is 2.89 bits per heavy atom. The second-order valence-electron chi connectivity index (χ2n) is 4.55. The third-order valence-corrected chi connectivity index (χ3v) is 3.14. The summed E-state index contributed by atoms with van der Waals surface area (Å²) < 4.78 is 10.1. The van der Waals surface area contributed by atoms with Crippen molar-refractivity contribution in [3.63, 3.8) is 0 Å². The van der Waals surface area contributed by atoms with Gasteiger partial charge in [-0.15, -0.1) is 0 Å². The van der Waals surface area contributed by atoms with Crippen molar-refractivity contribution in [1.29, 1.82) is 0 Å². The van der Waals surface area contributed by atoms with Gasteiger partial charge in [0.1, 0.15) is 0 Å². The summed E-state index contributed by atoms with van der Waals surface area (Å²) in [7, 11) is 0. The van der Waals surface area contributed by atoms with Crippen LogP contribution in [-0.4, -0.2) is 52.3 Å². The van der Waals surface area contributed by atoms with Gasteiger partial charge in [-0.25, -0.2) is 4.79 Å². The van der Waals surface area contributed by atoms with Gasteiger partial charge >= 0.3 is 5.97 Å². The number of morpholine rings is 1. The zero-order valence-corrected chi connectivity index (χ0v) is 10.8. The van der Waals surface area contributed by atoms with Crippen LogP contribution in [0.4, 0.5) is 0 Å². The largest absolute Gasteiger partial charge is 0.475 e. The van der Waals surface area contributed by atoms with Crippen LogP contribution >= 0.6 is 0 Å². The second-order valence-corrected chi connectivity index (χ2v) is 4.55. The summed E-state index contributed by atoms with van der Waals surface area (Å²) in [6.45, 7) is 4.80. The minimum Gasteiger partial charge on any atom is -0.475 e. The molecule has 1 aromatic rings. The maximum atomic E-state index is 12.3. The van der Waals surface area contributed by atoms with Gasteiger partial charge in [-0.1, -0.05) is 12.1 Å². The predicted octanol–water partition coefficient (Wildman–Crippen LogP) is 1.01. The van der Waals surface area contributed by atoms with E-state index >= 15 is 0 Å². The van der Waals surface area contributed by atoms with Crippen LogP contribution in [0.1, 0.15) is 41.3 Å². The van der Waals surface area contributed by atoms with Crippen molar-refractivity contribution in [1.82, 2.24) is 10.1 Å². The smallest absolute Gasteiger partial charge is 0.374 e. The van der Waals surface area contributed by atoms with Crippen LogP contribution in [0, 0.1) is 0 Å². The number of ether oxygens (including phenoxy) is 1. The van der Waals surface area contributed by atoms with Gasteiger partial charge in [0.25, 0.3) is 5.91 Å². The summed E-state index contributed by atoms with van der Waals surface area (Å²) in [5, 5.41) is 12.3. The van der Waals surface area contributed by atoms with Crippen molar-refractivity contribution in [2.75, 3.05) is 13.2 Å². The maximum Gasteiger partial charge on any atom is 0.374 e. The molecule has 104 valence electrons. The molecule has 7 nitrogen and oxygen atoms in total. The molecule has 1 amide bonds. The van der Waals surface area contributed by atoms with Crippen LogP contribution in [0.5, 0.6) is 0 Å². The van der Waals surface area contributed by atoms with E-state index in [4.69, 9.17) is 9.84 Å². The molecular formula is C12H16N2O5. The summed E-state index contributed by atoms with van der Waals surface area (Å²) in [5.74, 6) is -1.90. The zero-order chi connectivity index (χ0) is 14.0. The van der Waals surface area contributed by atoms with Crippen molar-refractivity contribution in [2.24, 2.45) is 0 Å². The third-order valence-electron chi connectivity index (χ3n) is 3.14. The van der Waals surface area contributed by atoms with Crippen molar-refractivity contribution in [3.05, 3.63) is 17.5 Å². The minimum absolute atomic E-state index is 0.0185. The Morgan fingerprint density at radius 2 is 2.32 bits per heavy atom. The van der Waals surface area contributed by atoms with Crippen LogP contribution < -0.4 is 0 Å². The molecule has 0 bridgehead atoms. The lowest BCUT2D eigenvalue weighted by molar-refractivity contribution is -0.0447. The second kappa shape index (κ2) is 5.40. The molecule has 2 unspecified atom stereocenters. The highest BCUT2D eigenvalue weighted by molar-refractivity contribution is 5.95. The van der Waals surface area contributed by atoms with Crippen LogP contribution in [-0.2, 0) is 4.74 Å². The van der Waals surface area contributed by atoms with Crippen molar-refractivity contribution in [3.8, 4) is 0 Å². The Hall–Kier alpha value is -1.89. The first-order valence-electron chi connectivity index (χ1n) is 6.15. The first kappa shape index (κ1) is 13.5. The molecule has 1 fully saturated rings.